The first-order valence-electron chi connectivity index (χ1n) is 6.02. The molecule has 1 aliphatic rings. The van der Waals surface area contributed by atoms with Gasteiger partial charge >= 0.3 is 0 Å². The summed E-state index contributed by atoms with van der Waals surface area (Å²) in [6.45, 7) is 3.89. The molecule has 0 bridgehead atoms. The second kappa shape index (κ2) is 5.02. The molecule has 0 amide bonds. The Labute approximate surface area is 101 Å². The number of aliphatic hydroxyl groups excluding tert-OH is 1. The van der Waals surface area contributed by atoms with Crippen LogP contribution in [0.3, 0.4) is 0 Å². The molecule has 1 saturated heterocycles. The Morgan fingerprint density at radius 3 is 3.06 bits per heavy atom. The lowest BCUT2D eigenvalue weighted by Crippen LogP contribution is -2.56. The third-order valence-corrected chi connectivity index (χ3v) is 3.64. The maximum Gasteiger partial charge on any atom is 0.125 e. The standard InChI is InChI=1S/C13H19FN2O/c1-10-8-15-6-5-13(10,9-17)16-12-4-2-3-11(14)7-12/h2-4,7,10,15-17H,5-6,8-9H2,1H3. The van der Waals surface area contributed by atoms with Gasteiger partial charge in [0.25, 0.3) is 0 Å². The van der Waals surface area contributed by atoms with Crippen molar-refractivity contribution < 1.29 is 9.50 Å². The molecule has 0 spiro atoms. The number of anilines is 1. The largest absolute Gasteiger partial charge is 0.394 e. The third-order valence-electron chi connectivity index (χ3n) is 3.64. The molecule has 3 N–H and O–H groups in total. The number of rotatable bonds is 3. The van der Waals surface area contributed by atoms with Crippen molar-refractivity contribution in [1.82, 2.24) is 5.32 Å². The minimum atomic E-state index is -0.348. The van der Waals surface area contributed by atoms with E-state index in [1.54, 1.807) is 6.07 Å². The lowest BCUT2D eigenvalue weighted by atomic mass is 9.80. The molecule has 1 aromatic rings. The molecular weight excluding hydrogens is 219 g/mol. The summed E-state index contributed by atoms with van der Waals surface area (Å²) < 4.78 is 13.1. The minimum Gasteiger partial charge on any atom is -0.394 e. The molecule has 1 aliphatic heterocycles. The van der Waals surface area contributed by atoms with Crippen molar-refractivity contribution in [1.29, 1.82) is 0 Å². The summed E-state index contributed by atoms with van der Waals surface area (Å²) in [7, 11) is 0. The quantitative estimate of drug-likeness (QED) is 0.749. The Bertz CT molecular complexity index is 385. The zero-order valence-electron chi connectivity index (χ0n) is 10.0. The number of hydrogen-bond acceptors (Lipinski definition) is 3. The van der Waals surface area contributed by atoms with Gasteiger partial charge in [0.1, 0.15) is 5.82 Å². The molecule has 0 aliphatic carbocycles. The number of piperidine rings is 1. The van der Waals surface area contributed by atoms with Crippen LogP contribution in [-0.4, -0.2) is 30.3 Å². The number of hydrogen-bond donors (Lipinski definition) is 3. The highest BCUT2D eigenvalue weighted by molar-refractivity contribution is 5.46. The molecule has 0 saturated carbocycles. The predicted molar refractivity (Wildman–Crippen MR) is 66.5 cm³/mol. The highest BCUT2D eigenvalue weighted by Crippen LogP contribution is 2.28. The molecule has 0 radical (unpaired) electrons. The SMILES string of the molecule is CC1CNCCC1(CO)Nc1cccc(F)c1. The summed E-state index contributed by atoms with van der Waals surface area (Å²) >= 11 is 0. The van der Waals surface area contributed by atoms with E-state index >= 15 is 0 Å². The number of halogens is 1. The van der Waals surface area contributed by atoms with Crippen molar-refractivity contribution in [3.05, 3.63) is 30.1 Å². The van der Waals surface area contributed by atoms with E-state index in [0.717, 1.165) is 25.2 Å². The predicted octanol–water partition coefficient (Wildman–Crippen LogP) is 1.60. The lowest BCUT2D eigenvalue weighted by Gasteiger charge is -2.43. The van der Waals surface area contributed by atoms with Crippen LogP contribution in [0.5, 0.6) is 0 Å². The van der Waals surface area contributed by atoms with Crippen LogP contribution in [-0.2, 0) is 0 Å². The molecule has 4 heteroatoms. The molecular formula is C13H19FN2O. The third kappa shape index (κ3) is 2.58. The summed E-state index contributed by atoms with van der Waals surface area (Å²) in [5.74, 6) is 0.0363. The van der Waals surface area contributed by atoms with Gasteiger partial charge in [0, 0.05) is 12.2 Å². The van der Waals surface area contributed by atoms with Crippen LogP contribution in [0, 0.1) is 11.7 Å². The van der Waals surface area contributed by atoms with Crippen LogP contribution < -0.4 is 10.6 Å². The summed E-state index contributed by atoms with van der Waals surface area (Å²) in [5.41, 5.74) is 0.381. The summed E-state index contributed by atoms with van der Waals surface area (Å²) in [4.78, 5) is 0. The average Bonchev–Trinajstić information content (AvgIpc) is 2.32. The summed E-state index contributed by atoms with van der Waals surface area (Å²) in [6, 6.07) is 6.39. The molecule has 2 atom stereocenters. The zero-order valence-corrected chi connectivity index (χ0v) is 10.0. The molecule has 3 nitrogen and oxygen atoms in total. The van der Waals surface area contributed by atoms with Crippen LogP contribution in [0.4, 0.5) is 10.1 Å². The van der Waals surface area contributed by atoms with E-state index < -0.39 is 0 Å². The van der Waals surface area contributed by atoms with Gasteiger partial charge in [-0.1, -0.05) is 13.0 Å². The average molecular weight is 238 g/mol. The highest BCUT2D eigenvalue weighted by Gasteiger charge is 2.37. The van der Waals surface area contributed by atoms with Crippen molar-refractivity contribution in [3.63, 3.8) is 0 Å². The fraction of sp³-hybridized carbons (Fsp3) is 0.538. The maximum atomic E-state index is 13.1. The normalized spacial score (nSPS) is 29.0. The summed E-state index contributed by atoms with van der Waals surface area (Å²) in [6.07, 6.45) is 0.835. The second-order valence-electron chi connectivity index (χ2n) is 4.80. The maximum absolute atomic E-state index is 13.1. The van der Waals surface area contributed by atoms with Crippen molar-refractivity contribution in [2.45, 2.75) is 18.9 Å². The Balaban J connectivity index is 2.18. The van der Waals surface area contributed by atoms with Gasteiger partial charge in [0.2, 0.25) is 0 Å². The molecule has 1 aromatic carbocycles. The Morgan fingerprint density at radius 1 is 1.59 bits per heavy atom. The van der Waals surface area contributed by atoms with E-state index in [0.29, 0.717) is 5.92 Å². The van der Waals surface area contributed by atoms with Crippen molar-refractivity contribution >= 4 is 5.69 Å². The van der Waals surface area contributed by atoms with Crippen LogP contribution in [0.15, 0.2) is 24.3 Å². The molecule has 0 aromatic heterocycles. The van der Waals surface area contributed by atoms with Crippen molar-refractivity contribution in [3.8, 4) is 0 Å². The summed E-state index contributed by atoms with van der Waals surface area (Å²) in [5, 5.41) is 16.3. The van der Waals surface area contributed by atoms with Gasteiger partial charge in [-0.15, -0.1) is 0 Å². The van der Waals surface area contributed by atoms with Gasteiger partial charge < -0.3 is 15.7 Å². The first kappa shape index (κ1) is 12.3. The molecule has 2 rings (SSSR count). The number of aliphatic hydroxyl groups is 1. The Morgan fingerprint density at radius 2 is 2.41 bits per heavy atom. The number of benzene rings is 1. The van der Waals surface area contributed by atoms with E-state index in [9.17, 15) is 9.50 Å². The van der Waals surface area contributed by atoms with E-state index in [1.165, 1.54) is 12.1 Å². The molecule has 17 heavy (non-hydrogen) atoms. The topological polar surface area (TPSA) is 44.3 Å². The van der Waals surface area contributed by atoms with Gasteiger partial charge in [-0.3, -0.25) is 0 Å². The van der Waals surface area contributed by atoms with Gasteiger partial charge in [0.15, 0.2) is 0 Å². The lowest BCUT2D eigenvalue weighted by molar-refractivity contribution is 0.135. The van der Waals surface area contributed by atoms with Gasteiger partial charge in [0.05, 0.1) is 12.1 Å². The fourth-order valence-corrected chi connectivity index (χ4v) is 2.39. The van der Waals surface area contributed by atoms with E-state index in [2.05, 4.69) is 17.6 Å². The van der Waals surface area contributed by atoms with Crippen LogP contribution in [0.2, 0.25) is 0 Å². The van der Waals surface area contributed by atoms with E-state index in [1.807, 2.05) is 6.07 Å². The van der Waals surface area contributed by atoms with Crippen LogP contribution in [0.25, 0.3) is 0 Å². The van der Waals surface area contributed by atoms with Gasteiger partial charge in [-0.25, -0.2) is 4.39 Å². The zero-order chi connectivity index (χ0) is 12.3. The Hall–Kier alpha value is -1.13. The van der Waals surface area contributed by atoms with Crippen LogP contribution >= 0.6 is 0 Å². The van der Waals surface area contributed by atoms with Gasteiger partial charge in [-0.05, 0) is 37.1 Å². The first-order valence-corrected chi connectivity index (χ1v) is 6.02. The minimum absolute atomic E-state index is 0.0619. The highest BCUT2D eigenvalue weighted by atomic mass is 19.1. The molecule has 2 unspecified atom stereocenters. The molecule has 1 heterocycles. The second-order valence-corrected chi connectivity index (χ2v) is 4.80. The van der Waals surface area contributed by atoms with Crippen LogP contribution in [0.1, 0.15) is 13.3 Å². The first-order chi connectivity index (χ1) is 8.16. The van der Waals surface area contributed by atoms with Crippen molar-refractivity contribution in [2.24, 2.45) is 5.92 Å². The smallest absolute Gasteiger partial charge is 0.125 e. The van der Waals surface area contributed by atoms with Gasteiger partial charge in [-0.2, -0.15) is 0 Å². The number of nitrogens with one attached hydrogen (secondary N) is 2. The monoisotopic (exact) mass is 238 g/mol. The fourth-order valence-electron chi connectivity index (χ4n) is 2.39. The van der Waals surface area contributed by atoms with Crippen molar-refractivity contribution in [2.75, 3.05) is 25.0 Å². The van der Waals surface area contributed by atoms with E-state index in [-0.39, 0.29) is 18.0 Å². The van der Waals surface area contributed by atoms with E-state index in [4.69, 9.17) is 0 Å². The molecule has 1 fully saturated rings. The molecule has 94 valence electrons. The Kier molecular flexibility index (Phi) is 3.64.